The molecule has 4 nitrogen and oxygen atoms in total. The lowest BCUT2D eigenvalue weighted by molar-refractivity contribution is 0.102. The van der Waals surface area contributed by atoms with Crippen molar-refractivity contribution in [2.24, 2.45) is 0 Å². The third-order valence-corrected chi connectivity index (χ3v) is 3.45. The number of benzene rings is 2. The summed E-state index contributed by atoms with van der Waals surface area (Å²) in [7, 11) is 1.46. The van der Waals surface area contributed by atoms with Crippen LogP contribution in [-0.2, 0) is 5.33 Å². The number of hydrogen-bond acceptors (Lipinski definition) is 3. The number of phenolic OH excluding ortho intramolecular Hbond substituents is 1. The smallest absolute Gasteiger partial charge is 0.255 e. The number of ether oxygens (including phenoxy) is 1. The molecule has 0 radical (unpaired) electrons. The molecule has 0 aliphatic carbocycles. The number of aromatic hydroxyl groups is 1. The topological polar surface area (TPSA) is 58.6 Å². The zero-order valence-corrected chi connectivity index (χ0v) is 12.5. The van der Waals surface area contributed by atoms with Crippen molar-refractivity contribution in [3.63, 3.8) is 0 Å². The van der Waals surface area contributed by atoms with Crippen LogP contribution in [0.15, 0.2) is 42.5 Å². The van der Waals surface area contributed by atoms with Gasteiger partial charge in [0, 0.05) is 16.6 Å². The molecule has 0 aliphatic heterocycles. The van der Waals surface area contributed by atoms with Crippen molar-refractivity contribution in [2.75, 3.05) is 12.4 Å². The Balaban J connectivity index is 2.12. The molecule has 0 saturated carbocycles. The van der Waals surface area contributed by atoms with Gasteiger partial charge in [-0.2, -0.15) is 0 Å². The average Bonchev–Trinajstić information content (AvgIpc) is 2.48. The Hall–Kier alpha value is -2.01. The Morgan fingerprint density at radius 2 is 1.95 bits per heavy atom. The molecule has 2 N–H and O–H groups in total. The van der Waals surface area contributed by atoms with Gasteiger partial charge in [-0.3, -0.25) is 4.79 Å². The van der Waals surface area contributed by atoms with E-state index in [1.165, 1.54) is 13.2 Å². The van der Waals surface area contributed by atoms with Gasteiger partial charge in [-0.1, -0.05) is 28.1 Å². The summed E-state index contributed by atoms with van der Waals surface area (Å²) in [6, 6.07) is 12.0. The molecule has 2 aromatic rings. The molecule has 0 unspecified atom stereocenters. The monoisotopic (exact) mass is 335 g/mol. The summed E-state index contributed by atoms with van der Waals surface area (Å²) in [6.45, 7) is 0. The molecule has 0 spiro atoms. The first-order valence-corrected chi connectivity index (χ1v) is 7.09. The number of methoxy groups -OCH3 is 1. The molecular formula is C15H14BrNO3. The van der Waals surface area contributed by atoms with E-state index in [-0.39, 0.29) is 11.7 Å². The third-order valence-electron chi connectivity index (χ3n) is 2.81. The lowest BCUT2D eigenvalue weighted by atomic mass is 10.1. The van der Waals surface area contributed by atoms with E-state index in [1.807, 2.05) is 24.3 Å². The number of alkyl halides is 1. The summed E-state index contributed by atoms with van der Waals surface area (Å²) in [6.07, 6.45) is 0. The van der Waals surface area contributed by atoms with E-state index < -0.39 is 0 Å². The van der Waals surface area contributed by atoms with Crippen LogP contribution >= 0.6 is 15.9 Å². The fourth-order valence-electron chi connectivity index (χ4n) is 1.71. The molecule has 20 heavy (non-hydrogen) atoms. The van der Waals surface area contributed by atoms with Crippen molar-refractivity contribution in [3.05, 3.63) is 53.6 Å². The minimum atomic E-state index is -0.283. The van der Waals surface area contributed by atoms with Crippen LogP contribution in [-0.4, -0.2) is 18.1 Å². The Bertz CT molecular complexity index is 611. The highest BCUT2D eigenvalue weighted by molar-refractivity contribution is 9.08. The summed E-state index contributed by atoms with van der Waals surface area (Å²) in [5.74, 6) is -0.00689. The molecule has 0 fully saturated rings. The molecule has 0 aromatic heterocycles. The normalized spacial score (nSPS) is 10.1. The lowest BCUT2D eigenvalue weighted by Crippen LogP contribution is -2.11. The average molecular weight is 336 g/mol. The number of hydrogen-bond donors (Lipinski definition) is 2. The number of anilines is 1. The maximum Gasteiger partial charge on any atom is 0.255 e. The van der Waals surface area contributed by atoms with Gasteiger partial charge in [0.05, 0.1) is 7.11 Å². The van der Waals surface area contributed by atoms with Gasteiger partial charge in [-0.05, 0) is 35.9 Å². The Morgan fingerprint density at radius 1 is 1.25 bits per heavy atom. The minimum Gasteiger partial charge on any atom is -0.504 e. The van der Waals surface area contributed by atoms with Gasteiger partial charge in [0.15, 0.2) is 11.5 Å². The van der Waals surface area contributed by atoms with Crippen LogP contribution in [0.25, 0.3) is 0 Å². The van der Waals surface area contributed by atoms with Crippen LogP contribution < -0.4 is 10.1 Å². The second kappa shape index (κ2) is 6.43. The van der Waals surface area contributed by atoms with Gasteiger partial charge in [-0.15, -0.1) is 0 Å². The second-order valence-corrected chi connectivity index (χ2v) is 4.73. The van der Waals surface area contributed by atoms with Crippen LogP contribution in [0.1, 0.15) is 15.9 Å². The number of halogens is 1. The number of amides is 1. The molecule has 1 amide bonds. The first-order chi connectivity index (χ1) is 9.63. The summed E-state index contributed by atoms with van der Waals surface area (Å²) in [5.41, 5.74) is 2.20. The van der Waals surface area contributed by atoms with Gasteiger partial charge in [0.2, 0.25) is 0 Å². The minimum absolute atomic E-state index is 0.0604. The standard InChI is InChI=1S/C15H14BrNO3/c1-20-14-7-4-11(8-13(14)18)15(19)17-12-5-2-10(9-16)3-6-12/h2-8,18H,9H2,1H3,(H,17,19). The quantitative estimate of drug-likeness (QED) is 0.840. The maximum absolute atomic E-state index is 12.0. The van der Waals surface area contributed by atoms with Crippen molar-refractivity contribution in [2.45, 2.75) is 5.33 Å². The predicted molar refractivity (Wildman–Crippen MR) is 81.7 cm³/mol. The molecule has 0 heterocycles. The SMILES string of the molecule is COc1ccc(C(=O)Nc2ccc(CBr)cc2)cc1O. The second-order valence-electron chi connectivity index (χ2n) is 4.17. The van der Waals surface area contributed by atoms with Gasteiger partial charge in [-0.25, -0.2) is 0 Å². The first-order valence-electron chi connectivity index (χ1n) is 5.97. The fraction of sp³-hybridized carbons (Fsp3) is 0.133. The zero-order valence-electron chi connectivity index (χ0n) is 10.9. The molecule has 2 rings (SSSR count). The lowest BCUT2D eigenvalue weighted by Gasteiger charge is -2.08. The van der Waals surface area contributed by atoms with Gasteiger partial charge in [0.25, 0.3) is 5.91 Å². The van der Waals surface area contributed by atoms with Gasteiger partial charge < -0.3 is 15.2 Å². The van der Waals surface area contributed by atoms with Crippen molar-refractivity contribution >= 4 is 27.5 Å². The third kappa shape index (κ3) is 3.30. The van der Waals surface area contributed by atoms with E-state index in [4.69, 9.17) is 4.74 Å². The van der Waals surface area contributed by atoms with Crippen LogP contribution in [0.2, 0.25) is 0 Å². The summed E-state index contributed by atoms with van der Waals surface area (Å²) in [5, 5.41) is 13.2. The van der Waals surface area contributed by atoms with E-state index >= 15 is 0 Å². The fourth-order valence-corrected chi connectivity index (χ4v) is 2.09. The summed E-state index contributed by atoms with van der Waals surface area (Å²) < 4.78 is 4.94. The summed E-state index contributed by atoms with van der Waals surface area (Å²) in [4.78, 5) is 12.0. The van der Waals surface area contributed by atoms with Crippen molar-refractivity contribution in [3.8, 4) is 11.5 Å². The van der Waals surface area contributed by atoms with E-state index in [0.29, 0.717) is 17.0 Å². The predicted octanol–water partition coefficient (Wildman–Crippen LogP) is 3.55. The molecule has 0 atom stereocenters. The number of carbonyl (C=O) groups excluding carboxylic acids is 1. The Kier molecular flexibility index (Phi) is 4.63. The number of nitrogens with one attached hydrogen (secondary N) is 1. The Morgan fingerprint density at radius 3 is 2.50 bits per heavy atom. The van der Waals surface area contributed by atoms with E-state index in [2.05, 4.69) is 21.2 Å². The van der Waals surface area contributed by atoms with Crippen LogP contribution in [0.4, 0.5) is 5.69 Å². The Labute approximate surface area is 125 Å². The van der Waals surface area contributed by atoms with Crippen molar-refractivity contribution in [1.29, 1.82) is 0 Å². The van der Waals surface area contributed by atoms with E-state index in [9.17, 15) is 9.90 Å². The molecule has 104 valence electrons. The highest BCUT2D eigenvalue weighted by Gasteiger charge is 2.09. The molecule has 0 aliphatic rings. The van der Waals surface area contributed by atoms with Gasteiger partial charge in [0.1, 0.15) is 0 Å². The van der Waals surface area contributed by atoms with Crippen LogP contribution in [0.5, 0.6) is 11.5 Å². The summed E-state index contributed by atoms with van der Waals surface area (Å²) >= 11 is 3.36. The molecule has 5 heteroatoms. The van der Waals surface area contributed by atoms with Crippen molar-refractivity contribution < 1.29 is 14.6 Å². The van der Waals surface area contributed by atoms with Gasteiger partial charge >= 0.3 is 0 Å². The highest BCUT2D eigenvalue weighted by Crippen LogP contribution is 2.26. The number of phenols is 1. The maximum atomic E-state index is 12.0. The molecule has 2 aromatic carbocycles. The molecule has 0 saturated heterocycles. The number of carbonyl (C=O) groups is 1. The highest BCUT2D eigenvalue weighted by atomic mass is 79.9. The largest absolute Gasteiger partial charge is 0.504 e. The van der Waals surface area contributed by atoms with E-state index in [1.54, 1.807) is 12.1 Å². The van der Waals surface area contributed by atoms with Crippen molar-refractivity contribution in [1.82, 2.24) is 0 Å². The molecule has 0 bridgehead atoms. The molecular weight excluding hydrogens is 322 g/mol. The first kappa shape index (κ1) is 14.4. The number of rotatable bonds is 4. The zero-order chi connectivity index (χ0) is 14.5. The van der Waals surface area contributed by atoms with Crippen LogP contribution in [0, 0.1) is 0 Å². The van der Waals surface area contributed by atoms with E-state index in [0.717, 1.165) is 10.9 Å². The van der Waals surface area contributed by atoms with Crippen LogP contribution in [0.3, 0.4) is 0 Å².